The Morgan fingerprint density at radius 1 is 0.714 bits per heavy atom. The molecule has 14 heteroatoms. The minimum absolute atomic E-state index is 2.61. The van der Waals surface area contributed by atoms with Crippen molar-refractivity contribution in [1.29, 1.82) is 0 Å². The average Bonchev–Trinajstić information content (AvgIpc) is 1.45. The van der Waals surface area contributed by atoms with Crippen molar-refractivity contribution in [2.24, 2.45) is 0 Å². The molecule has 0 saturated carbocycles. The van der Waals surface area contributed by atoms with Crippen LogP contribution in [-0.4, -0.2) is 48.4 Å². The second-order valence-corrected chi connectivity index (χ2v) is 3.38. The highest BCUT2D eigenvalue weighted by molar-refractivity contribution is 7.80. The Morgan fingerprint density at radius 2 is 0.714 bits per heavy atom. The van der Waals surface area contributed by atoms with E-state index in [0.29, 0.717) is 0 Å². The Hall–Kier alpha value is -0.190. The zero-order chi connectivity index (χ0) is 12.6. The van der Waals surface area contributed by atoms with Crippen molar-refractivity contribution in [2.45, 2.75) is 0 Å². The van der Waals surface area contributed by atoms with Crippen LogP contribution in [0.25, 0.3) is 0 Å². The molecule has 0 radical (unpaired) electrons. The molecule has 0 rings (SSSR count). The van der Waals surface area contributed by atoms with Gasteiger partial charge in [-0.1, -0.05) is 0 Å². The van der Waals surface area contributed by atoms with Crippen molar-refractivity contribution >= 4 is 32.2 Å². The lowest BCUT2D eigenvalue weighted by Gasteiger charge is -1.68. The summed E-state index contributed by atoms with van der Waals surface area (Å²) >= 11 is -2.61. The standard InChI is InChI=1S/2H2O4S.H2O3S/c2*1-5(2,3)4;1-4(2)3/h2*(H2,1,2,3,4);(H2,1,2,3). The van der Waals surface area contributed by atoms with Gasteiger partial charge in [0.1, 0.15) is 0 Å². The summed E-state index contributed by atoms with van der Waals surface area (Å²) in [7, 11) is -9.33. The molecular weight excluding hydrogens is 272 g/mol. The van der Waals surface area contributed by atoms with Crippen molar-refractivity contribution in [3.63, 3.8) is 0 Å². The highest BCUT2D eigenvalue weighted by Gasteiger charge is 1.85. The van der Waals surface area contributed by atoms with E-state index >= 15 is 0 Å². The number of hydrogen-bond donors (Lipinski definition) is 6. The van der Waals surface area contributed by atoms with E-state index in [1.807, 2.05) is 0 Å². The van der Waals surface area contributed by atoms with Crippen LogP contribution in [0.1, 0.15) is 0 Å². The van der Waals surface area contributed by atoms with E-state index in [0.717, 1.165) is 0 Å². The molecule has 0 bridgehead atoms. The molecule has 6 N–H and O–H groups in total. The summed E-state index contributed by atoms with van der Waals surface area (Å²) in [6.45, 7) is 0. The smallest absolute Gasteiger partial charge is 0.284 e. The molecule has 0 aromatic rings. The van der Waals surface area contributed by atoms with Gasteiger partial charge in [-0.3, -0.25) is 27.3 Å². The van der Waals surface area contributed by atoms with Crippen LogP contribution in [0.5, 0.6) is 0 Å². The Balaban J connectivity index is -0.000000131. The van der Waals surface area contributed by atoms with Crippen LogP contribution in [0, 0.1) is 0 Å². The largest absolute Gasteiger partial charge is 0.394 e. The topological polar surface area (TPSA) is 207 Å². The van der Waals surface area contributed by atoms with E-state index in [4.69, 9.17) is 48.4 Å². The maximum absolute atomic E-state index is 8.74. The van der Waals surface area contributed by atoms with E-state index in [-0.39, 0.29) is 0 Å². The molecule has 0 unspecified atom stereocenters. The summed E-state index contributed by atoms with van der Waals surface area (Å²) in [5, 5.41) is 0. The number of hydrogen-bond acceptors (Lipinski definition) is 5. The average molecular weight is 278 g/mol. The highest BCUT2D eigenvalue weighted by atomic mass is 32.3. The maximum Gasteiger partial charge on any atom is 0.394 e. The normalized spacial score (nSPS) is 10.8. The fourth-order valence-corrected chi connectivity index (χ4v) is 0. The van der Waals surface area contributed by atoms with Crippen LogP contribution in [0.4, 0.5) is 0 Å². The van der Waals surface area contributed by atoms with Gasteiger partial charge in [0.2, 0.25) is 0 Å². The van der Waals surface area contributed by atoms with E-state index in [2.05, 4.69) is 0 Å². The van der Waals surface area contributed by atoms with Crippen molar-refractivity contribution in [3.8, 4) is 0 Å². The Bertz CT molecular complexity index is 277. The van der Waals surface area contributed by atoms with Crippen LogP contribution in [0.2, 0.25) is 0 Å². The quantitative estimate of drug-likeness (QED) is 0.219. The van der Waals surface area contributed by atoms with Gasteiger partial charge in [0.25, 0.3) is 11.4 Å². The highest BCUT2D eigenvalue weighted by Crippen LogP contribution is 1.59. The molecule has 0 atom stereocenters. The summed E-state index contributed by atoms with van der Waals surface area (Å²) in [5.74, 6) is 0. The molecule has 90 valence electrons. The van der Waals surface area contributed by atoms with Gasteiger partial charge in [-0.2, -0.15) is 21.0 Å². The van der Waals surface area contributed by atoms with Gasteiger partial charge in [-0.15, -0.1) is 0 Å². The van der Waals surface area contributed by atoms with Crippen LogP contribution in [-0.2, 0) is 32.2 Å². The van der Waals surface area contributed by atoms with E-state index in [1.165, 1.54) is 0 Å². The predicted molar refractivity (Wildman–Crippen MR) is 41.8 cm³/mol. The van der Waals surface area contributed by atoms with Gasteiger partial charge in [0.05, 0.1) is 0 Å². The lowest BCUT2D eigenvalue weighted by atomic mass is 15.8. The maximum atomic E-state index is 8.74. The third-order valence-corrected chi connectivity index (χ3v) is 0. The van der Waals surface area contributed by atoms with Crippen LogP contribution >= 0.6 is 0 Å². The molecule has 14 heavy (non-hydrogen) atoms. The Kier molecular flexibility index (Phi) is 11.3. The van der Waals surface area contributed by atoms with E-state index < -0.39 is 32.2 Å². The zero-order valence-corrected chi connectivity index (χ0v) is 8.40. The fraction of sp³-hybridized carbons (Fsp3) is 0. The lowest BCUT2D eigenvalue weighted by molar-refractivity contribution is 0.378. The van der Waals surface area contributed by atoms with E-state index in [9.17, 15) is 0 Å². The molecule has 0 fully saturated rings. The van der Waals surface area contributed by atoms with Gasteiger partial charge in [0, 0.05) is 0 Å². The Labute approximate surface area is 81.0 Å². The minimum Gasteiger partial charge on any atom is -0.284 e. The van der Waals surface area contributed by atoms with Crippen molar-refractivity contribution in [3.05, 3.63) is 0 Å². The predicted octanol–water partition coefficient (Wildman–Crippen LogP) is -1.62. The monoisotopic (exact) mass is 278 g/mol. The SMILES string of the molecule is O=S(=O)(O)O.O=S(=O)(O)O.O=S(O)O. The third-order valence-electron chi connectivity index (χ3n) is 0. The molecule has 0 aliphatic carbocycles. The first kappa shape index (κ1) is 19.4. The molecule has 0 amide bonds. The molecule has 0 spiro atoms. The van der Waals surface area contributed by atoms with Crippen molar-refractivity contribution in [1.82, 2.24) is 0 Å². The first-order valence-electron chi connectivity index (χ1n) is 1.93. The Morgan fingerprint density at radius 3 is 0.714 bits per heavy atom. The molecule has 0 aromatic heterocycles. The summed E-state index contributed by atoms with van der Waals surface area (Å²) in [6, 6.07) is 0. The first-order chi connectivity index (χ1) is 5.73. The number of rotatable bonds is 0. The van der Waals surface area contributed by atoms with Crippen molar-refractivity contribution in [2.75, 3.05) is 0 Å². The molecule has 0 aliphatic rings. The minimum atomic E-state index is -4.67. The second kappa shape index (κ2) is 8.15. The molecule has 0 aliphatic heterocycles. The van der Waals surface area contributed by atoms with Crippen LogP contribution in [0.15, 0.2) is 0 Å². The van der Waals surface area contributed by atoms with Gasteiger partial charge in [0.15, 0.2) is 0 Å². The van der Waals surface area contributed by atoms with Crippen LogP contribution < -0.4 is 0 Å². The molecule has 0 aromatic carbocycles. The van der Waals surface area contributed by atoms with Gasteiger partial charge < -0.3 is 0 Å². The fourth-order valence-electron chi connectivity index (χ4n) is 0. The molecular formula is H6O11S3. The third kappa shape index (κ3) is 38200. The van der Waals surface area contributed by atoms with Gasteiger partial charge >= 0.3 is 20.8 Å². The summed E-state index contributed by atoms with van der Waals surface area (Å²) in [6.07, 6.45) is 0. The zero-order valence-electron chi connectivity index (χ0n) is 5.95. The first-order valence-corrected chi connectivity index (χ1v) is 5.79. The molecule has 11 nitrogen and oxygen atoms in total. The van der Waals surface area contributed by atoms with Gasteiger partial charge in [-0.05, 0) is 0 Å². The van der Waals surface area contributed by atoms with Crippen LogP contribution in [0.3, 0.4) is 0 Å². The summed E-state index contributed by atoms with van der Waals surface area (Å²) < 4.78 is 86.0. The molecule has 0 heterocycles. The lowest BCUT2D eigenvalue weighted by Crippen LogP contribution is -1.89. The summed E-state index contributed by atoms with van der Waals surface area (Å²) in [4.78, 5) is 0. The van der Waals surface area contributed by atoms with Gasteiger partial charge in [-0.25, -0.2) is 0 Å². The molecule has 0 saturated heterocycles. The second-order valence-electron chi connectivity index (χ2n) is 1.13. The van der Waals surface area contributed by atoms with Crippen molar-refractivity contribution < 1.29 is 48.4 Å². The summed E-state index contributed by atoms with van der Waals surface area (Å²) in [5.41, 5.74) is 0. The van der Waals surface area contributed by atoms with E-state index in [1.54, 1.807) is 0 Å².